The molecule has 0 heterocycles. The maximum absolute atomic E-state index is 9.69. The quantitative estimate of drug-likeness (QED) is 0.316. The molecule has 0 aliphatic rings. The van der Waals surface area contributed by atoms with Crippen molar-refractivity contribution in [2.24, 2.45) is 5.10 Å². The number of hydrogen-bond acceptors (Lipinski definition) is 4. The van der Waals surface area contributed by atoms with Crippen LogP contribution in [0.5, 0.6) is 0 Å². The van der Waals surface area contributed by atoms with Crippen molar-refractivity contribution in [3.05, 3.63) is 20.2 Å². The van der Waals surface area contributed by atoms with E-state index in [1.54, 1.807) is 0 Å². The van der Waals surface area contributed by atoms with Crippen molar-refractivity contribution in [1.29, 1.82) is 0 Å². The lowest BCUT2D eigenvalue weighted by molar-refractivity contribution is -0.491. The molecule has 0 amide bonds. The highest BCUT2D eigenvalue weighted by Crippen LogP contribution is 1.79. The van der Waals surface area contributed by atoms with Gasteiger partial charge in [0.1, 0.15) is 0 Å². The third-order valence-corrected chi connectivity index (χ3v) is 0.610. The van der Waals surface area contributed by atoms with Gasteiger partial charge < -0.3 is 0 Å². The largest absolute Gasteiger partial charge is 0.264 e. The van der Waals surface area contributed by atoms with Crippen LogP contribution in [0.4, 0.5) is 0 Å². The fourth-order valence-electron chi connectivity index (χ4n) is 0.358. The Morgan fingerprint density at radius 2 is 2.00 bits per heavy atom. The first-order chi connectivity index (χ1) is 4.52. The molecule has 0 aliphatic carbocycles. The molecule has 0 aromatic carbocycles. The van der Waals surface area contributed by atoms with E-state index < -0.39 is 16.5 Å². The SMILES string of the molecule is C/C(C[N+](=O)[O-])=N/[N+](=O)[O-]. The molecule has 56 valence electrons. The van der Waals surface area contributed by atoms with Crippen LogP contribution in [0.3, 0.4) is 0 Å². The summed E-state index contributed by atoms with van der Waals surface area (Å²) in [5, 5.41) is 21.0. The first kappa shape index (κ1) is 8.47. The smallest absolute Gasteiger partial charge is 0.247 e. The lowest BCUT2D eigenvalue weighted by Gasteiger charge is -1.85. The van der Waals surface area contributed by atoms with Crippen molar-refractivity contribution in [1.82, 2.24) is 0 Å². The van der Waals surface area contributed by atoms with Gasteiger partial charge in [-0.15, -0.1) is 0 Å². The molecule has 0 saturated carbocycles. The lowest BCUT2D eigenvalue weighted by atomic mass is 10.4. The number of hydrogen-bond donors (Lipinski definition) is 0. The molecule has 0 atom stereocenters. The van der Waals surface area contributed by atoms with E-state index in [-0.39, 0.29) is 5.71 Å². The molecule has 10 heavy (non-hydrogen) atoms. The molecule has 0 rings (SSSR count). The van der Waals surface area contributed by atoms with Crippen LogP contribution in [0.25, 0.3) is 0 Å². The van der Waals surface area contributed by atoms with E-state index in [0.29, 0.717) is 0 Å². The summed E-state index contributed by atoms with van der Waals surface area (Å²) in [5.74, 6) is 0. The Bertz CT molecular complexity index is 186. The van der Waals surface area contributed by atoms with Gasteiger partial charge in [-0.2, -0.15) is 0 Å². The number of nitrogens with zero attached hydrogens (tertiary/aromatic N) is 3. The molecular formula is C3H5N3O4. The van der Waals surface area contributed by atoms with E-state index >= 15 is 0 Å². The maximum atomic E-state index is 9.69. The zero-order valence-corrected chi connectivity index (χ0v) is 5.18. The lowest BCUT2D eigenvalue weighted by Crippen LogP contribution is -2.11. The molecule has 0 radical (unpaired) electrons. The van der Waals surface area contributed by atoms with Crippen LogP contribution in [-0.2, 0) is 0 Å². The molecule has 7 heteroatoms. The monoisotopic (exact) mass is 147 g/mol. The highest BCUT2D eigenvalue weighted by atomic mass is 16.7. The van der Waals surface area contributed by atoms with Crippen molar-refractivity contribution in [2.45, 2.75) is 6.92 Å². The zero-order chi connectivity index (χ0) is 8.15. The van der Waals surface area contributed by atoms with Gasteiger partial charge in [-0.25, -0.2) is 10.1 Å². The number of rotatable bonds is 3. The average Bonchev–Trinajstić information content (AvgIpc) is 1.58. The predicted octanol–water partition coefficient (Wildman–Crippen LogP) is -0.0843. The molecule has 0 aliphatic heterocycles. The molecular weight excluding hydrogens is 142 g/mol. The fourth-order valence-corrected chi connectivity index (χ4v) is 0.358. The molecule has 0 N–H and O–H groups in total. The Labute approximate surface area is 55.6 Å². The fraction of sp³-hybridized carbons (Fsp3) is 0.667. The molecule has 0 unspecified atom stereocenters. The van der Waals surface area contributed by atoms with Gasteiger partial charge in [0.05, 0.1) is 5.10 Å². The van der Waals surface area contributed by atoms with Gasteiger partial charge in [0.2, 0.25) is 6.54 Å². The van der Waals surface area contributed by atoms with Crippen molar-refractivity contribution in [3.8, 4) is 0 Å². The van der Waals surface area contributed by atoms with Gasteiger partial charge >= 0.3 is 0 Å². The molecule has 0 saturated heterocycles. The molecule has 0 aromatic rings. The van der Waals surface area contributed by atoms with E-state index in [2.05, 4.69) is 5.10 Å². The second kappa shape index (κ2) is 3.49. The second-order valence-electron chi connectivity index (χ2n) is 1.56. The highest BCUT2D eigenvalue weighted by Gasteiger charge is 2.04. The number of nitro groups is 2. The zero-order valence-electron chi connectivity index (χ0n) is 5.18. The van der Waals surface area contributed by atoms with Gasteiger partial charge in [0.15, 0.2) is 10.7 Å². The van der Waals surface area contributed by atoms with E-state index in [1.807, 2.05) is 0 Å². The van der Waals surface area contributed by atoms with Gasteiger partial charge in [-0.1, -0.05) is 0 Å². The molecule has 0 aromatic heterocycles. The molecule has 0 fully saturated rings. The van der Waals surface area contributed by atoms with Gasteiger partial charge in [0.25, 0.3) is 0 Å². The first-order valence-corrected chi connectivity index (χ1v) is 2.32. The van der Waals surface area contributed by atoms with Crippen LogP contribution < -0.4 is 0 Å². The Morgan fingerprint density at radius 1 is 1.50 bits per heavy atom. The normalized spacial score (nSPS) is 11.1. The van der Waals surface area contributed by atoms with E-state index in [1.165, 1.54) is 6.92 Å². The van der Waals surface area contributed by atoms with Crippen LogP contribution in [0, 0.1) is 20.2 Å². The summed E-state index contributed by atoms with van der Waals surface area (Å²) in [6.45, 7) is 0.645. The molecule has 0 bridgehead atoms. The average molecular weight is 147 g/mol. The highest BCUT2D eigenvalue weighted by molar-refractivity contribution is 5.82. The second-order valence-corrected chi connectivity index (χ2v) is 1.56. The minimum absolute atomic E-state index is 0.116. The summed E-state index contributed by atoms with van der Waals surface area (Å²) < 4.78 is 0. The Balaban J connectivity index is 3.95. The van der Waals surface area contributed by atoms with E-state index in [0.717, 1.165) is 0 Å². The van der Waals surface area contributed by atoms with Gasteiger partial charge in [-0.3, -0.25) is 10.1 Å². The van der Waals surface area contributed by atoms with Crippen LogP contribution in [0.15, 0.2) is 5.10 Å². The molecule has 0 spiro atoms. The summed E-state index contributed by atoms with van der Waals surface area (Å²) in [4.78, 5) is 18.6. The summed E-state index contributed by atoms with van der Waals surface area (Å²) in [6, 6.07) is 0. The standard InChI is InChI=1S/C3H5N3O4/c1-3(2-5(7)8)4-6(9)10/h2H2,1H3/b4-3-. The van der Waals surface area contributed by atoms with Crippen molar-refractivity contribution in [2.75, 3.05) is 6.54 Å². The van der Waals surface area contributed by atoms with Crippen molar-refractivity contribution < 1.29 is 9.96 Å². The van der Waals surface area contributed by atoms with Crippen LogP contribution in [-0.4, -0.2) is 22.2 Å². The third kappa shape index (κ3) is 4.62. The summed E-state index contributed by atoms with van der Waals surface area (Å²) in [7, 11) is 0. The Morgan fingerprint density at radius 3 is 2.30 bits per heavy atom. The molecule has 7 nitrogen and oxygen atoms in total. The minimum Gasteiger partial charge on any atom is -0.264 e. The summed E-state index contributed by atoms with van der Waals surface area (Å²) in [6.07, 6.45) is 0. The van der Waals surface area contributed by atoms with Crippen LogP contribution >= 0.6 is 0 Å². The third-order valence-electron chi connectivity index (χ3n) is 0.610. The van der Waals surface area contributed by atoms with E-state index in [4.69, 9.17) is 0 Å². The number of hydrazone groups is 1. The first-order valence-electron chi connectivity index (χ1n) is 2.32. The summed E-state index contributed by atoms with van der Waals surface area (Å²) >= 11 is 0. The Kier molecular flexibility index (Phi) is 2.95. The topological polar surface area (TPSA) is 98.6 Å². The summed E-state index contributed by atoms with van der Waals surface area (Å²) in [5.41, 5.74) is -0.116. The predicted molar refractivity (Wildman–Crippen MR) is 32.0 cm³/mol. The van der Waals surface area contributed by atoms with Gasteiger partial charge in [-0.05, 0) is 6.92 Å². The minimum atomic E-state index is -0.959. The van der Waals surface area contributed by atoms with Crippen LogP contribution in [0.2, 0.25) is 0 Å². The maximum Gasteiger partial charge on any atom is 0.247 e. The van der Waals surface area contributed by atoms with Crippen LogP contribution in [0.1, 0.15) is 6.92 Å². The van der Waals surface area contributed by atoms with Gasteiger partial charge in [0, 0.05) is 4.92 Å². The van der Waals surface area contributed by atoms with Crippen molar-refractivity contribution >= 4 is 5.71 Å². The van der Waals surface area contributed by atoms with Crippen molar-refractivity contribution in [3.63, 3.8) is 0 Å². The van der Waals surface area contributed by atoms with E-state index in [9.17, 15) is 20.2 Å². The Hall–Kier alpha value is -1.53.